The number of rotatable bonds is 7. The summed E-state index contributed by atoms with van der Waals surface area (Å²) in [5, 5.41) is 7.72. The van der Waals surface area contributed by atoms with E-state index in [4.69, 9.17) is 16.3 Å². The molecule has 3 aromatic rings. The first-order valence-electron chi connectivity index (χ1n) is 10.3. The summed E-state index contributed by atoms with van der Waals surface area (Å²) < 4.78 is 7.60. The molecule has 156 valence electrons. The Morgan fingerprint density at radius 2 is 1.97 bits per heavy atom. The molecule has 7 heteroatoms. The number of carbonyl (C=O) groups excluding carboxylic acids is 1. The summed E-state index contributed by atoms with van der Waals surface area (Å²) in [6.45, 7) is 2.67. The maximum atomic E-state index is 12.8. The van der Waals surface area contributed by atoms with Crippen LogP contribution in [0.3, 0.4) is 0 Å². The normalized spacial score (nSPS) is 14.1. The molecule has 1 amide bonds. The molecule has 4 rings (SSSR count). The number of aryl methyl sites for hydroxylation is 1. The van der Waals surface area contributed by atoms with Gasteiger partial charge in [0.2, 0.25) is 5.88 Å². The van der Waals surface area contributed by atoms with E-state index < -0.39 is 0 Å². The van der Waals surface area contributed by atoms with Crippen molar-refractivity contribution in [3.63, 3.8) is 0 Å². The van der Waals surface area contributed by atoms with Crippen molar-refractivity contribution >= 4 is 17.5 Å². The summed E-state index contributed by atoms with van der Waals surface area (Å²) >= 11 is 6.49. The minimum atomic E-state index is -0.244. The van der Waals surface area contributed by atoms with Gasteiger partial charge in [-0.25, -0.2) is 9.67 Å². The van der Waals surface area contributed by atoms with Crippen LogP contribution in [0.2, 0.25) is 5.15 Å². The number of benzene rings is 1. The highest BCUT2D eigenvalue weighted by atomic mass is 35.5. The maximum Gasteiger partial charge on any atom is 0.256 e. The number of hydrogen-bond acceptors (Lipinski definition) is 4. The lowest BCUT2D eigenvalue weighted by atomic mass is 10.2. The zero-order chi connectivity index (χ0) is 20.9. The van der Waals surface area contributed by atoms with Gasteiger partial charge >= 0.3 is 0 Å². The fraction of sp³-hybridized carbons (Fsp3) is 0.348. The second-order valence-electron chi connectivity index (χ2n) is 7.60. The third-order valence-corrected chi connectivity index (χ3v) is 5.69. The van der Waals surface area contributed by atoms with Gasteiger partial charge in [-0.3, -0.25) is 4.79 Å². The standard InChI is InChI=1S/C23H25ClN4O2/c1-16-21(22(24)28(27-16)15-17-7-3-2-4-8-17)23(29)26-14-18-11-12-25-20(13-18)30-19-9-5-6-10-19/h2-4,7-8,11-13,19H,5-6,9-10,14-15H2,1H3,(H,26,29). The number of halogens is 1. The third-order valence-electron chi connectivity index (χ3n) is 5.31. The Labute approximate surface area is 181 Å². The highest BCUT2D eigenvalue weighted by molar-refractivity contribution is 6.33. The summed E-state index contributed by atoms with van der Waals surface area (Å²) in [6, 6.07) is 13.6. The van der Waals surface area contributed by atoms with Crippen LogP contribution in [0, 0.1) is 6.92 Å². The number of nitrogens with one attached hydrogen (secondary N) is 1. The Kier molecular flexibility index (Phi) is 6.33. The number of ether oxygens (including phenoxy) is 1. The number of carbonyl (C=O) groups is 1. The van der Waals surface area contributed by atoms with E-state index in [1.54, 1.807) is 17.8 Å². The highest BCUT2D eigenvalue weighted by Gasteiger charge is 2.21. The van der Waals surface area contributed by atoms with Gasteiger partial charge in [0.05, 0.1) is 17.8 Å². The van der Waals surface area contributed by atoms with Gasteiger partial charge in [0.1, 0.15) is 11.3 Å². The predicted octanol–water partition coefficient (Wildman–Crippen LogP) is 4.54. The van der Waals surface area contributed by atoms with E-state index in [0.717, 1.165) is 24.0 Å². The molecular weight excluding hydrogens is 400 g/mol. The van der Waals surface area contributed by atoms with E-state index in [0.29, 0.717) is 35.4 Å². The molecule has 1 aromatic carbocycles. The molecule has 1 aliphatic rings. The van der Waals surface area contributed by atoms with E-state index in [2.05, 4.69) is 15.4 Å². The molecule has 0 spiro atoms. The van der Waals surface area contributed by atoms with E-state index in [1.807, 2.05) is 42.5 Å². The van der Waals surface area contributed by atoms with Crippen LogP contribution in [0.1, 0.15) is 52.9 Å². The molecule has 0 radical (unpaired) electrons. The molecule has 1 fully saturated rings. The Balaban J connectivity index is 1.40. The van der Waals surface area contributed by atoms with E-state index in [-0.39, 0.29) is 12.0 Å². The molecule has 30 heavy (non-hydrogen) atoms. The quantitative estimate of drug-likeness (QED) is 0.604. The van der Waals surface area contributed by atoms with Crippen LogP contribution in [0.25, 0.3) is 0 Å². The van der Waals surface area contributed by atoms with Gasteiger partial charge in [0, 0.05) is 18.8 Å². The fourth-order valence-corrected chi connectivity index (χ4v) is 4.07. The average molecular weight is 425 g/mol. The molecule has 0 bridgehead atoms. The van der Waals surface area contributed by atoms with Gasteiger partial charge in [-0.2, -0.15) is 5.10 Å². The van der Waals surface area contributed by atoms with Crippen LogP contribution in [-0.2, 0) is 13.1 Å². The van der Waals surface area contributed by atoms with E-state index in [9.17, 15) is 4.79 Å². The Morgan fingerprint density at radius 3 is 2.73 bits per heavy atom. The summed E-state index contributed by atoms with van der Waals surface area (Å²) in [4.78, 5) is 17.1. The first kappa shape index (κ1) is 20.4. The number of aromatic nitrogens is 3. The summed E-state index contributed by atoms with van der Waals surface area (Å²) in [5.41, 5.74) is 3.01. The minimum Gasteiger partial charge on any atom is -0.474 e. The van der Waals surface area contributed by atoms with Crippen molar-refractivity contribution in [1.29, 1.82) is 0 Å². The van der Waals surface area contributed by atoms with Crippen molar-refractivity contribution in [2.45, 2.75) is 51.8 Å². The molecule has 2 heterocycles. The molecule has 1 saturated carbocycles. The van der Waals surface area contributed by atoms with Gasteiger partial charge in [0.25, 0.3) is 5.91 Å². The van der Waals surface area contributed by atoms with Gasteiger partial charge < -0.3 is 10.1 Å². The van der Waals surface area contributed by atoms with Gasteiger partial charge in [-0.15, -0.1) is 0 Å². The predicted molar refractivity (Wildman–Crippen MR) is 116 cm³/mol. The van der Waals surface area contributed by atoms with Gasteiger partial charge in [-0.1, -0.05) is 41.9 Å². The zero-order valence-corrected chi connectivity index (χ0v) is 17.7. The number of hydrogen-bond donors (Lipinski definition) is 1. The van der Waals surface area contributed by atoms with Crippen molar-refractivity contribution in [1.82, 2.24) is 20.1 Å². The third kappa shape index (κ3) is 4.82. The highest BCUT2D eigenvalue weighted by Crippen LogP contribution is 2.24. The first-order valence-corrected chi connectivity index (χ1v) is 10.6. The van der Waals surface area contributed by atoms with Crippen molar-refractivity contribution in [3.8, 4) is 5.88 Å². The molecule has 6 nitrogen and oxygen atoms in total. The zero-order valence-electron chi connectivity index (χ0n) is 17.0. The van der Waals surface area contributed by atoms with E-state index in [1.165, 1.54) is 12.8 Å². The molecule has 1 aliphatic carbocycles. The second kappa shape index (κ2) is 9.30. The Bertz CT molecular complexity index is 1010. The Hall–Kier alpha value is -2.86. The topological polar surface area (TPSA) is 69.0 Å². The van der Waals surface area contributed by atoms with Crippen LogP contribution in [0.5, 0.6) is 5.88 Å². The van der Waals surface area contributed by atoms with Gasteiger partial charge in [-0.05, 0) is 49.8 Å². The maximum absolute atomic E-state index is 12.8. The average Bonchev–Trinajstić information content (AvgIpc) is 3.35. The van der Waals surface area contributed by atoms with Crippen molar-refractivity contribution in [2.75, 3.05) is 0 Å². The lowest BCUT2D eigenvalue weighted by Crippen LogP contribution is -2.23. The smallest absolute Gasteiger partial charge is 0.256 e. The number of pyridine rings is 1. The Morgan fingerprint density at radius 1 is 1.20 bits per heavy atom. The number of nitrogens with zero attached hydrogens (tertiary/aromatic N) is 3. The lowest BCUT2D eigenvalue weighted by Gasteiger charge is -2.13. The minimum absolute atomic E-state index is 0.244. The molecule has 0 atom stereocenters. The van der Waals surface area contributed by atoms with Crippen molar-refractivity contribution in [2.24, 2.45) is 0 Å². The van der Waals surface area contributed by atoms with Gasteiger partial charge in [0.15, 0.2) is 0 Å². The van der Waals surface area contributed by atoms with E-state index >= 15 is 0 Å². The summed E-state index contributed by atoms with van der Waals surface area (Å²) in [7, 11) is 0. The van der Waals surface area contributed by atoms with Crippen LogP contribution in [0.4, 0.5) is 0 Å². The van der Waals surface area contributed by atoms with Crippen LogP contribution in [-0.4, -0.2) is 26.8 Å². The van der Waals surface area contributed by atoms with Crippen LogP contribution in [0.15, 0.2) is 48.7 Å². The first-order chi connectivity index (χ1) is 14.6. The molecule has 1 N–H and O–H groups in total. The molecule has 0 aliphatic heterocycles. The summed E-state index contributed by atoms with van der Waals surface area (Å²) in [5.74, 6) is 0.366. The second-order valence-corrected chi connectivity index (χ2v) is 7.96. The SMILES string of the molecule is Cc1nn(Cc2ccccc2)c(Cl)c1C(=O)NCc1ccnc(OC2CCCC2)c1. The monoisotopic (exact) mass is 424 g/mol. The van der Waals surface area contributed by atoms with Crippen molar-refractivity contribution in [3.05, 3.63) is 76.2 Å². The van der Waals surface area contributed by atoms with Crippen molar-refractivity contribution < 1.29 is 9.53 Å². The molecule has 2 aromatic heterocycles. The molecule has 0 saturated heterocycles. The lowest BCUT2D eigenvalue weighted by molar-refractivity contribution is 0.0950. The van der Waals surface area contributed by atoms with Crippen LogP contribution < -0.4 is 10.1 Å². The fourth-order valence-electron chi connectivity index (χ4n) is 3.74. The summed E-state index contributed by atoms with van der Waals surface area (Å²) in [6.07, 6.45) is 6.53. The largest absolute Gasteiger partial charge is 0.474 e. The molecule has 0 unspecified atom stereocenters. The number of amides is 1. The van der Waals surface area contributed by atoms with Crippen LogP contribution >= 0.6 is 11.6 Å². The molecular formula is C23H25ClN4O2.